The molecule has 9 nitrogen and oxygen atoms in total. The van der Waals surface area contributed by atoms with Crippen LogP contribution in [0.15, 0.2) is 29.1 Å². The van der Waals surface area contributed by atoms with Crippen molar-refractivity contribution in [2.75, 3.05) is 50.7 Å². The fraction of sp³-hybridized carbons (Fsp3) is 0.519. The molecule has 2 N–H and O–H groups in total. The minimum absolute atomic E-state index is 0.00261. The van der Waals surface area contributed by atoms with Crippen LogP contribution in [0.1, 0.15) is 54.2 Å². The highest BCUT2D eigenvalue weighted by atomic mass is 32.2. The van der Waals surface area contributed by atoms with Crippen LogP contribution in [-0.4, -0.2) is 73.6 Å². The zero-order valence-electron chi connectivity index (χ0n) is 22.9. The average molecular weight is 582 g/mol. The predicted octanol–water partition coefficient (Wildman–Crippen LogP) is 3.90. The maximum Gasteiger partial charge on any atom is 0.298 e. The molecule has 1 aliphatic rings. The molecular weight excluding hydrogens is 547 g/mol. The normalized spacial score (nSPS) is 16.9. The smallest absolute Gasteiger partial charge is 0.298 e. The Morgan fingerprint density at radius 3 is 2.60 bits per heavy atom. The number of rotatable bonds is 10. The molecule has 0 radical (unpaired) electrons. The lowest BCUT2D eigenvalue weighted by atomic mass is 9.94. The van der Waals surface area contributed by atoms with E-state index in [1.807, 2.05) is 0 Å². The predicted molar refractivity (Wildman–Crippen MR) is 147 cm³/mol. The number of aromatic nitrogens is 3. The first-order chi connectivity index (χ1) is 18.8. The zero-order chi connectivity index (χ0) is 29.2. The van der Waals surface area contributed by atoms with Gasteiger partial charge >= 0.3 is 0 Å². The Labute approximate surface area is 231 Å². The molecule has 1 aliphatic heterocycles. The summed E-state index contributed by atoms with van der Waals surface area (Å²) in [6.45, 7) is 2.85. The molecule has 1 saturated heterocycles. The monoisotopic (exact) mass is 581 g/mol. The topological polar surface area (TPSA) is 117 Å². The number of hydrogen-bond donors (Lipinski definition) is 2. The first-order valence-corrected chi connectivity index (χ1v) is 14.9. The Hall–Kier alpha value is -3.03. The summed E-state index contributed by atoms with van der Waals surface area (Å²) < 4.78 is 74.1. The summed E-state index contributed by atoms with van der Waals surface area (Å²) in [4.78, 5) is 26.1. The van der Waals surface area contributed by atoms with Gasteiger partial charge in [0, 0.05) is 17.7 Å². The molecule has 3 aromatic rings. The quantitative estimate of drug-likeness (QED) is 0.347. The molecule has 0 aliphatic carbocycles. The molecule has 0 bridgehead atoms. The molecule has 1 fully saturated rings. The molecule has 1 aromatic carbocycles. The van der Waals surface area contributed by atoms with Crippen molar-refractivity contribution in [3.8, 4) is 0 Å². The van der Waals surface area contributed by atoms with Gasteiger partial charge in [-0.1, -0.05) is 12.1 Å². The number of H-pyrrole nitrogens is 1. The Balaban J connectivity index is 1.62. The Bertz CT molecular complexity index is 1530. The van der Waals surface area contributed by atoms with Crippen LogP contribution in [0.4, 0.5) is 19.0 Å². The summed E-state index contributed by atoms with van der Waals surface area (Å²) in [5.74, 6) is -4.20. The number of pyridine rings is 1. The number of alkyl halides is 2. The number of ether oxygens (including phenoxy) is 1. The van der Waals surface area contributed by atoms with E-state index >= 15 is 4.39 Å². The maximum atomic E-state index is 15.5. The summed E-state index contributed by atoms with van der Waals surface area (Å²) in [7, 11) is 0.472. The van der Waals surface area contributed by atoms with E-state index in [4.69, 9.17) is 4.74 Å². The Morgan fingerprint density at radius 2 is 1.93 bits per heavy atom. The van der Waals surface area contributed by atoms with Gasteiger partial charge < -0.3 is 19.9 Å². The first-order valence-electron chi connectivity index (χ1n) is 13.0. The first kappa shape index (κ1) is 29.9. The van der Waals surface area contributed by atoms with Crippen molar-refractivity contribution in [3.63, 3.8) is 0 Å². The van der Waals surface area contributed by atoms with Gasteiger partial charge in [-0.05, 0) is 58.8 Å². The molecule has 0 unspecified atom stereocenters. The molecule has 0 amide bonds. The summed E-state index contributed by atoms with van der Waals surface area (Å²) in [5, 5.41) is 3.55. The third-order valence-electron chi connectivity index (χ3n) is 7.05. The minimum Gasteiger partial charge on any atom is -0.373 e. The van der Waals surface area contributed by atoms with Crippen LogP contribution in [0.2, 0.25) is 0 Å². The SMILES string of the molecule is Cc1nc(N[C@H](C)c2cccc(C(F)(F)COCCN(C)C)c2F)c2cc(C3CCS(=O)(=O)CC3)c(=O)[nH]c2n1. The van der Waals surface area contributed by atoms with E-state index in [0.29, 0.717) is 42.0 Å². The van der Waals surface area contributed by atoms with Crippen molar-refractivity contribution in [2.24, 2.45) is 0 Å². The third-order valence-corrected chi connectivity index (χ3v) is 8.77. The van der Waals surface area contributed by atoms with Gasteiger partial charge in [0.2, 0.25) is 0 Å². The largest absolute Gasteiger partial charge is 0.373 e. The summed E-state index contributed by atoms with van der Waals surface area (Å²) >= 11 is 0. The van der Waals surface area contributed by atoms with E-state index in [1.54, 1.807) is 38.9 Å². The van der Waals surface area contributed by atoms with Crippen LogP contribution in [-0.2, 0) is 20.5 Å². The fourth-order valence-corrected chi connectivity index (χ4v) is 6.29. The highest BCUT2D eigenvalue weighted by Crippen LogP contribution is 2.35. The molecule has 0 saturated carbocycles. The number of nitrogens with zero attached hydrogens (tertiary/aromatic N) is 3. The van der Waals surface area contributed by atoms with Crippen molar-refractivity contribution in [1.29, 1.82) is 0 Å². The highest BCUT2D eigenvalue weighted by Gasteiger charge is 2.36. The number of hydrogen-bond acceptors (Lipinski definition) is 8. The van der Waals surface area contributed by atoms with Gasteiger partial charge in [0.25, 0.3) is 11.5 Å². The van der Waals surface area contributed by atoms with Gasteiger partial charge in [0.1, 0.15) is 39.6 Å². The third kappa shape index (κ3) is 6.81. The van der Waals surface area contributed by atoms with Gasteiger partial charge in [-0.2, -0.15) is 8.78 Å². The molecule has 0 spiro atoms. The number of nitrogens with one attached hydrogen (secondary N) is 2. The van der Waals surface area contributed by atoms with Crippen molar-refractivity contribution in [3.05, 3.63) is 63.0 Å². The summed E-state index contributed by atoms with van der Waals surface area (Å²) in [6, 6.07) is 4.70. The number of likely N-dealkylation sites (N-methyl/N-ethyl adjacent to an activating group) is 1. The van der Waals surface area contributed by atoms with Crippen molar-refractivity contribution in [1.82, 2.24) is 19.9 Å². The number of aryl methyl sites for hydroxylation is 1. The Morgan fingerprint density at radius 1 is 1.23 bits per heavy atom. The molecule has 40 heavy (non-hydrogen) atoms. The summed E-state index contributed by atoms with van der Waals surface area (Å²) in [5.41, 5.74) is -0.423. The Kier molecular flexibility index (Phi) is 8.86. The van der Waals surface area contributed by atoms with E-state index < -0.39 is 39.8 Å². The van der Waals surface area contributed by atoms with Crippen LogP contribution in [0, 0.1) is 12.7 Å². The van der Waals surface area contributed by atoms with E-state index in [9.17, 15) is 22.0 Å². The van der Waals surface area contributed by atoms with E-state index in [0.717, 1.165) is 6.07 Å². The lowest BCUT2D eigenvalue weighted by Gasteiger charge is -2.23. The van der Waals surface area contributed by atoms with E-state index in [2.05, 4.69) is 20.3 Å². The van der Waals surface area contributed by atoms with Crippen LogP contribution in [0.3, 0.4) is 0 Å². The molecule has 218 valence electrons. The fourth-order valence-electron chi connectivity index (χ4n) is 4.80. The van der Waals surface area contributed by atoms with Crippen LogP contribution < -0.4 is 10.9 Å². The highest BCUT2D eigenvalue weighted by molar-refractivity contribution is 7.91. The number of sulfone groups is 1. The molecule has 13 heteroatoms. The molecule has 3 heterocycles. The van der Waals surface area contributed by atoms with Crippen LogP contribution in [0.5, 0.6) is 0 Å². The van der Waals surface area contributed by atoms with Gasteiger partial charge in [-0.3, -0.25) is 4.79 Å². The zero-order valence-corrected chi connectivity index (χ0v) is 23.7. The lowest BCUT2D eigenvalue weighted by Crippen LogP contribution is -2.27. The van der Waals surface area contributed by atoms with Crippen molar-refractivity contribution < 1.29 is 26.3 Å². The molecule has 2 aromatic heterocycles. The van der Waals surface area contributed by atoms with E-state index in [-0.39, 0.29) is 40.8 Å². The minimum atomic E-state index is -3.54. The number of halogens is 3. The number of benzene rings is 1. The van der Waals surface area contributed by atoms with Gasteiger partial charge in [-0.15, -0.1) is 0 Å². The summed E-state index contributed by atoms with van der Waals surface area (Å²) in [6.07, 6.45) is 0.655. The molecule has 4 rings (SSSR count). The van der Waals surface area contributed by atoms with Gasteiger partial charge in [-0.25, -0.2) is 22.8 Å². The number of fused-ring (bicyclic) bond motifs is 1. The van der Waals surface area contributed by atoms with Gasteiger partial charge in [0.05, 0.1) is 35.1 Å². The lowest BCUT2D eigenvalue weighted by molar-refractivity contribution is -0.0861. The van der Waals surface area contributed by atoms with Crippen LogP contribution >= 0.6 is 0 Å². The second-order valence-electron chi connectivity index (χ2n) is 10.5. The number of aromatic amines is 1. The van der Waals surface area contributed by atoms with E-state index in [1.165, 1.54) is 12.1 Å². The second kappa shape index (κ2) is 11.8. The van der Waals surface area contributed by atoms with Gasteiger partial charge in [0.15, 0.2) is 0 Å². The second-order valence-corrected chi connectivity index (χ2v) is 12.8. The molecular formula is C27H34F3N5O4S. The molecule has 1 atom stereocenters. The van der Waals surface area contributed by atoms with Crippen molar-refractivity contribution in [2.45, 2.75) is 44.6 Å². The van der Waals surface area contributed by atoms with Crippen LogP contribution in [0.25, 0.3) is 11.0 Å². The maximum absolute atomic E-state index is 15.5. The average Bonchev–Trinajstić information content (AvgIpc) is 2.86. The standard InChI is InChI=1S/C27H34F3N5O4S/c1-16(19-6-5-7-22(23(19)28)27(29,30)15-39-11-10-35(3)4)31-24-21-14-20(18-8-12-40(37,38)13-9-18)26(36)34-25(21)33-17(2)32-24/h5-7,14,16,18H,8-13,15H2,1-4H3,(H2,31,32,33,34,36)/t16-/m1/s1. The van der Waals surface area contributed by atoms with Crippen molar-refractivity contribution >= 4 is 26.7 Å². The number of anilines is 1.